The monoisotopic (exact) mass is 501 g/mol. The number of piperidine rings is 1. The number of carbonyl (C=O) groups excluding carboxylic acids is 1. The highest BCUT2D eigenvalue weighted by molar-refractivity contribution is 5.72. The van der Waals surface area contributed by atoms with Crippen LogP contribution in [-0.4, -0.2) is 50.8 Å². The lowest BCUT2D eigenvalue weighted by Crippen LogP contribution is -2.42. The third kappa shape index (κ3) is 6.23. The van der Waals surface area contributed by atoms with Crippen LogP contribution in [0.1, 0.15) is 47.6 Å². The third-order valence-electron chi connectivity index (χ3n) is 7.26. The van der Waals surface area contributed by atoms with E-state index in [1.165, 1.54) is 11.1 Å². The van der Waals surface area contributed by atoms with Crippen LogP contribution in [0.3, 0.4) is 0 Å². The van der Waals surface area contributed by atoms with Crippen molar-refractivity contribution < 1.29 is 19.0 Å². The molecule has 1 aliphatic heterocycles. The molecule has 1 aliphatic rings. The Labute approximate surface area is 221 Å². The topological polar surface area (TPSA) is 48.0 Å². The predicted octanol–water partition coefficient (Wildman–Crippen LogP) is 5.90. The maximum absolute atomic E-state index is 12.3. The van der Waals surface area contributed by atoms with Gasteiger partial charge in [-0.05, 0) is 69.0 Å². The summed E-state index contributed by atoms with van der Waals surface area (Å²) in [6.45, 7) is 9.42. The van der Waals surface area contributed by atoms with E-state index in [0.29, 0.717) is 19.8 Å². The minimum Gasteiger partial charge on any atom is -0.497 e. The number of aryl methyl sites for hydroxylation is 2. The molecule has 0 amide bonds. The Balaban J connectivity index is 1.67. The fraction of sp³-hybridized carbons (Fsp3) is 0.406. The van der Waals surface area contributed by atoms with Crippen molar-refractivity contribution in [3.63, 3.8) is 0 Å². The average molecular weight is 502 g/mol. The second-order valence-electron chi connectivity index (χ2n) is 9.88. The first-order chi connectivity index (χ1) is 18.0. The first-order valence-electron chi connectivity index (χ1n) is 13.3. The molecule has 37 heavy (non-hydrogen) atoms. The smallest absolute Gasteiger partial charge is 0.310 e. The van der Waals surface area contributed by atoms with Gasteiger partial charge in [0.2, 0.25) is 0 Å². The number of hydrogen-bond donors (Lipinski definition) is 0. The molecular formula is C32H39NO4. The molecule has 3 aromatic rings. The van der Waals surface area contributed by atoms with E-state index in [2.05, 4.69) is 79.4 Å². The molecule has 0 aliphatic carbocycles. The Morgan fingerprint density at radius 1 is 0.892 bits per heavy atom. The van der Waals surface area contributed by atoms with Crippen molar-refractivity contribution >= 4 is 5.97 Å². The number of benzene rings is 3. The van der Waals surface area contributed by atoms with Gasteiger partial charge >= 0.3 is 5.97 Å². The molecular weight excluding hydrogens is 462 g/mol. The van der Waals surface area contributed by atoms with Crippen LogP contribution >= 0.6 is 0 Å². The summed E-state index contributed by atoms with van der Waals surface area (Å²) >= 11 is 0. The van der Waals surface area contributed by atoms with Crippen molar-refractivity contribution in [2.75, 3.05) is 40.0 Å². The maximum atomic E-state index is 12.3. The summed E-state index contributed by atoms with van der Waals surface area (Å²) in [6, 6.07) is 25.4. The van der Waals surface area contributed by atoms with E-state index in [4.69, 9.17) is 14.2 Å². The van der Waals surface area contributed by atoms with Gasteiger partial charge in [0.15, 0.2) is 0 Å². The van der Waals surface area contributed by atoms with Crippen molar-refractivity contribution in [3.05, 3.63) is 101 Å². The number of esters is 1. The molecule has 0 spiro atoms. The van der Waals surface area contributed by atoms with Gasteiger partial charge in [0, 0.05) is 13.1 Å². The summed E-state index contributed by atoms with van der Waals surface area (Å²) in [6.07, 6.45) is 1.88. The molecule has 1 unspecified atom stereocenters. The minimum atomic E-state index is -0.788. The van der Waals surface area contributed by atoms with Crippen LogP contribution < -0.4 is 4.74 Å². The van der Waals surface area contributed by atoms with E-state index in [9.17, 15) is 4.79 Å². The standard InChI is InChI=1S/C32H39NO4/c1-5-36-31(34)26-7-6-20-33(23-26)21-22-37-32(27-12-8-24(2)9-13-27,28-14-10-25(3)11-15-28)29-16-18-30(35-4)19-17-29/h8-19,26H,5-7,20-23H2,1-4H3. The molecule has 0 bridgehead atoms. The molecule has 5 nitrogen and oxygen atoms in total. The van der Waals surface area contributed by atoms with E-state index < -0.39 is 5.60 Å². The number of methoxy groups -OCH3 is 1. The summed E-state index contributed by atoms with van der Waals surface area (Å²) in [5.74, 6) is 0.665. The summed E-state index contributed by atoms with van der Waals surface area (Å²) in [7, 11) is 1.68. The van der Waals surface area contributed by atoms with Gasteiger partial charge in [-0.2, -0.15) is 0 Å². The fourth-order valence-corrected chi connectivity index (χ4v) is 5.19. The molecule has 1 heterocycles. The lowest BCUT2D eigenvalue weighted by atomic mass is 9.79. The minimum absolute atomic E-state index is 0.0609. The van der Waals surface area contributed by atoms with Gasteiger partial charge in [-0.3, -0.25) is 4.79 Å². The van der Waals surface area contributed by atoms with Crippen molar-refractivity contribution in [3.8, 4) is 5.75 Å². The normalized spacial score (nSPS) is 16.4. The highest BCUT2D eigenvalue weighted by Gasteiger charge is 2.38. The highest BCUT2D eigenvalue weighted by atomic mass is 16.5. The van der Waals surface area contributed by atoms with Gasteiger partial charge in [0.25, 0.3) is 0 Å². The van der Waals surface area contributed by atoms with Gasteiger partial charge in [-0.15, -0.1) is 0 Å². The van der Waals surface area contributed by atoms with Crippen LogP contribution in [0.4, 0.5) is 0 Å². The lowest BCUT2D eigenvalue weighted by molar-refractivity contribution is -0.150. The summed E-state index contributed by atoms with van der Waals surface area (Å²) in [5, 5.41) is 0. The number of ether oxygens (including phenoxy) is 3. The first-order valence-corrected chi connectivity index (χ1v) is 13.3. The van der Waals surface area contributed by atoms with Crippen LogP contribution in [0.15, 0.2) is 72.8 Å². The molecule has 4 rings (SSSR count). The van der Waals surface area contributed by atoms with Gasteiger partial charge in [-0.25, -0.2) is 0 Å². The van der Waals surface area contributed by atoms with E-state index >= 15 is 0 Å². The molecule has 3 aromatic carbocycles. The quantitative estimate of drug-likeness (QED) is 0.256. The molecule has 0 N–H and O–H groups in total. The van der Waals surface area contributed by atoms with E-state index in [1.54, 1.807) is 7.11 Å². The van der Waals surface area contributed by atoms with Crippen LogP contribution in [0.5, 0.6) is 5.75 Å². The lowest BCUT2D eigenvalue weighted by Gasteiger charge is -2.38. The fourth-order valence-electron chi connectivity index (χ4n) is 5.19. The Morgan fingerprint density at radius 2 is 1.43 bits per heavy atom. The van der Waals surface area contributed by atoms with Crippen LogP contribution in [0.2, 0.25) is 0 Å². The van der Waals surface area contributed by atoms with Gasteiger partial charge in [-0.1, -0.05) is 71.8 Å². The molecule has 0 aromatic heterocycles. The summed E-state index contributed by atoms with van der Waals surface area (Å²) in [4.78, 5) is 14.7. The highest BCUT2D eigenvalue weighted by Crippen LogP contribution is 2.41. The second-order valence-corrected chi connectivity index (χ2v) is 9.88. The van der Waals surface area contributed by atoms with Crippen LogP contribution in [0, 0.1) is 19.8 Å². The largest absolute Gasteiger partial charge is 0.497 e. The van der Waals surface area contributed by atoms with Gasteiger partial charge < -0.3 is 19.1 Å². The van der Waals surface area contributed by atoms with E-state index in [0.717, 1.165) is 48.4 Å². The number of likely N-dealkylation sites (tertiary alicyclic amines) is 1. The van der Waals surface area contributed by atoms with Crippen molar-refractivity contribution in [1.29, 1.82) is 0 Å². The number of carbonyl (C=O) groups is 1. The van der Waals surface area contributed by atoms with Crippen molar-refractivity contribution in [2.45, 2.75) is 39.2 Å². The molecule has 0 radical (unpaired) electrons. The molecule has 196 valence electrons. The maximum Gasteiger partial charge on any atom is 0.310 e. The molecule has 5 heteroatoms. The van der Waals surface area contributed by atoms with E-state index in [1.807, 2.05) is 19.1 Å². The molecule has 0 saturated carbocycles. The average Bonchev–Trinajstić information content (AvgIpc) is 2.93. The zero-order chi connectivity index (χ0) is 26.3. The number of hydrogen-bond acceptors (Lipinski definition) is 5. The van der Waals surface area contributed by atoms with E-state index in [-0.39, 0.29) is 11.9 Å². The third-order valence-corrected chi connectivity index (χ3v) is 7.26. The van der Waals surface area contributed by atoms with Crippen molar-refractivity contribution in [2.24, 2.45) is 5.92 Å². The second kappa shape index (κ2) is 12.4. The molecule has 1 atom stereocenters. The zero-order valence-corrected chi connectivity index (χ0v) is 22.5. The van der Waals surface area contributed by atoms with Gasteiger partial charge in [0.05, 0.1) is 26.2 Å². The van der Waals surface area contributed by atoms with Gasteiger partial charge in [0.1, 0.15) is 11.4 Å². The Hall–Kier alpha value is -3.15. The first kappa shape index (κ1) is 26.9. The molecule has 1 saturated heterocycles. The Morgan fingerprint density at radius 3 is 1.95 bits per heavy atom. The number of rotatable bonds is 10. The summed E-state index contributed by atoms with van der Waals surface area (Å²) in [5.41, 5.74) is 4.82. The van der Waals surface area contributed by atoms with Crippen molar-refractivity contribution in [1.82, 2.24) is 4.90 Å². The Kier molecular flexibility index (Phi) is 9.01. The Bertz CT molecular complexity index is 1090. The summed E-state index contributed by atoms with van der Waals surface area (Å²) < 4.78 is 17.7. The SMILES string of the molecule is CCOC(=O)C1CCCN(CCOC(c2ccc(C)cc2)(c2ccc(C)cc2)c2ccc(OC)cc2)C1. The van der Waals surface area contributed by atoms with Crippen LogP contribution in [0.25, 0.3) is 0 Å². The van der Waals surface area contributed by atoms with Crippen LogP contribution in [-0.2, 0) is 19.9 Å². The zero-order valence-electron chi connectivity index (χ0n) is 22.5. The molecule has 1 fully saturated rings. The predicted molar refractivity (Wildman–Crippen MR) is 147 cm³/mol. The number of nitrogens with zero attached hydrogens (tertiary/aromatic N) is 1.